The van der Waals surface area contributed by atoms with Crippen molar-refractivity contribution in [3.8, 4) is 0 Å². The number of hydrogen-bond donors (Lipinski definition) is 1. The van der Waals surface area contributed by atoms with Crippen LogP contribution >= 0.6 is 0 Å². The first-order valence-electron chi connectivity index (χ1n) is 6.47. The average Bonchev–Trinajstić information content (AvgIpc) is 2.52. The molecule has 4 heteroatoms. The maximum Gasteiger partial charge on any atom is 0.320 e. The molecule has 0 aromatic heterocycles. The molecule has 2 fully saturated rings. The van der Waals surface area contributed by atoms with Crippen LogP contribution in [-0.2, 0) is 0 Å². The largest absolute Gasteiger partial charge is 0.328 e. The van der Waals surface area contributed by atoms with Crippen LogP contribution < -0.4 is 5.73 Å². The lowest BCUT2D eigenvalue weighted by Crippen LogP contribution is -2.38. The number of urea groups is 1. The monoisotopic (exact) mass is 225 g/mol. The Labute approximate surface area is 97.8 Å². The highest BCUT2D eigenvalue weighted by atomic mass is 16.2. The van der Waals surface area contributed by atoms with Crippen LogP contribution in [0.4, 0.5) is 4.79 Å². The summed E-state index contributed by atoms with van der Waals surface area (Å²) >= 11 is 0. The SMILES string of the molecule is CN1C(=O)N(C2CCCCCC2)CC1CN. The van der Waals surface area contributed by atoms with E-state index in [2.05, 4.69) is 4.90 Å². The lowest BCUT2D eigenvalue weighted by molar-refractivity contribution is 0.176. The third-order valence-electron chi connectivity index (χ3n) is 4.04. The molecule has 2 amide bonds. The van der Waals surface area contributed by atoms with Gasteiger partial charge in [-0.1, -0.05) is 25.7 Å². The van der Waals surface area contributed by atoms with Gasteiger partial charge in [0, 0.05) is 26.2 Å². The zero-order valence-electron chi connectivity index (χ0n) is 10.2. The molecule has 1 saturated carbocycles. The van der Waals surface area contributed by atoms with Gasteiger partial charge in [0.1, 0.15) is 0 Å². The first-order valence-corrected chi connectivity index (χ1v) is 6.47. The number of hydrogen-bond acceptors (Lipinski definition) is 2. The van der Waals surface area contributed by atoms with E-state index < -0.39 is 0 Å². The van der Waals surface area contributed by atoms with Gasteiger partial charge < -0.3 is 15.5 Å². The number of likely N-dealkylation sites (N-methyl/N-ethyl adjacent to an activating group) is 1. The lowest BCUT2D eigenvalue weighted by atomic mass is 10.1. The molecular weight excluding hydrogens is 202 g/mol. The Morgan fingerprint density at radius 3 is 2.38 bits per heavy atom. The normalized spacial score (nSPS) is 28.6. The highest BCUT2D eigenvalue weighted by Crippen LogP contribution is 2.26. The number of nitrogens with two attached hydrogens (primary N) is 1. The molecule has 1 heterocycles. The molecule has 1 saturated heterocycles. The number of amides is 2. The Morgan fingerprint density at radius 1 is 1.25 bits per heavy atom. The van der Waals surface area contributed by atoms with E-state index >= 15 is 0 Å². The standard InChI is InChI=1S/C12H23N3O/c1-14-11(8-13)9-15(12(14)16)10-6-4-2-3-5-7-10/h10-11H,2-9,13H2,1H3. The molecule has 0 aromatic rings. The summed E-state index contributed by atoms with van der Waals surface area (Å²) in [5.41, 5.74) is 5.69. The maximum absolute atomic E-state index is 12.1. The van der Waals surface area contributed by atoms with E-state index in [9.17, 15) is 4.79 Å². The van der Waals surface area contributed by atoms with Crippen LogP contribution in [0.5, 0.6) is 0 Å². The number of carbonyl (C=O) groups is 1. The fourth-order valence-corrected chi connectivity index (χ4v) is 2.89. The third kappa shape index (κ3) is 2.17. The molecule has 0 radical (unpaired) electrons. The Bertz CT molecular complexity index is 249. The molecule has 0 spiro atoms. The first kappa shape index (κ1) is 11.7. The summed E-state index contributed by atoms with van der Waals surface area (Å²) in [4.78, 5) is 16.0. The lowest BCUT2D eigenvalue weighted by Gasteiger charge is -2.26. The quantitative estimate of drug-likeness (QED) is 0.722. The summed E-state index contributed by atoms with van der Waals surface area (Å²) in [5.74, 6) is 0. The summed E-state index contributed by atoms with van der Waals surface area (Å²) < 4.78 is 0. The van der Waals surface area contributed by atoms with Crippen LogP contribution in [-0.4, -0.2) is 48.1 Å². The van der Waals surface area contributed by atoms with Gasteiger partial charge in [-0.25, -0.2) is 4.79 Å². The summed E-state index contributed by atoms with van der Waals surface area (Å²) in [5, 5.41) is 0. The van der Waals surface area contributed by atoms with E-state index in [1.807, 2.05) is 11.9 Å². The maximum atomic E-state index is 12.1. The van der Waals surface area contributed by atoms with Crippen molar-refractivity contribution in [2.75, 3.05) is 20.1 Å². The van der Waals surface area contributed by atoms with E-state index in [4.69, 9.17) is 5.73 Å². The molecule has 1 aliphatic heterocycles. The summed E-state index contributed by atoms with van der Waals surface area (Å²) in [6.07, 6.45) is 7.55. The molecule has 0 bridgehead atoms. The summed E-state index contributed by atoms with van der Waals surface area (Å²) in [7, 11) is 1.87. The van der Waals surface area contributed by atoms with Crippen LogP contribution in [0.1, 0.15) is 38.5 Å². The second-order valence-electron chi connectivity index (χ2n) is 5.08. The molecule has 1 atom stereocenters. The predicted molar refractivity (Wildman–Crippen MR) is 64.2 cm³/mol. The Morgan fingerprint density at radius 2 is 1.88 bits per heavy atom. The molecule has 2 rings (SSSR count). The molecule has 1 unspecified atom stereocenters. The van der Waals surface area contributed by atoms with Crippen molar-refractivity contribution in [1.29, 1.82) is 0 Å². The number of rotatable bonds is 2. The van der Waals surface area contributed by atoms with E-state index in [-0.39, 0.29) is 12.1 Å². The van der Waals surface area contributed by atoms with Crippen molar-refractivity contribution in [3.63, 3.8) is 0 Å². The van der Waals surface area contributed by atoms with Gasteiger partial charge in [0.25, 0.3) is 0 Å². The highest BCUT2D eigenvalue weighted by Gasteiger charge is 2.37. The minimum absolute atomic E-state index is 0.183. The van der Waals surface area contributed by atoms with Crippen LogP contribution in [0, 0.1) is 0 Å². The zero-order valence-corrected chi connectivity index (χ0v) is 10.2. The minimum atomic E-state index is 0.183. The Kier molecular flexibility index (Phi) is 3.69. The Hall–Kier alpha value is -0.770. The molecule has 2 N–H and O–H groups in total. The van der Waals surface area contributed by atoms with Crippen LogP contribution in [0.2, 0.25) is 0 Å². The van der Waals surface area contributed by atoms with Gasteiger partial charge in [0.05, 0.1) is 6.04 Å². The van der Waals surface area contributed by atoms with Crippen molar-refractivity contribution < 1.29 is 4.79 Å². The van der Waals surface area contributed by atoms with E-state index in [1.165, 1.54) is 38.5 Å². The summed E-state index contributed by atoms with van der Waals surface area (Å²) in [6, 6.07) is 0.868. The topological polar surface area (TPSA) is 49.6 Å². The second kappa shape index (κ2) is 5.04. The van der Waals surface area contributed by atoms with Crippen LogP contribution in [0.25, 0.3) is 0 Å². The summed E-state index contributed by atoms with van der Waals surface area (Å²) in [6.45, 7) is 1.40. The van der Waals surface area contributed by atoms with Gasteiger partial charge in [0.2, 0.25) is 0 Å². The van der Waals surface area contributed by atoms with Gasteiger partial charge in [-0.15, -0.1) is 0 Å². The molecule has 2 aliphatic rings. The first-order chi connectivity index (χ1) is 7.74. The van der Waals surface area contributed by atoms with Crippen molar-refractivity contribution in [2.24, 2.45) is 5.73 Å². The van der Waals surface area contributed by atoms with Gasteiger partial charge in [0.15, 0.2) is 0 Å². The predicted octanol–water partition coefficient (Wildman–Crippen LogP) is 1.40. The fourth-order valence-electron chi connectivity index (χ4n) is 2.89. The van der Waals surface area contributed by atoms with Crippen molar-refractivity contribution in [1.82, 2.24) is 9.80 Å². The number of carbonyl (C=O) groups excluding carboxylic acids is 1. The van der Waals surface area contributed by atoms with E-state index in [1.54, 1.807) is 0 Å². The molecule has 4 nitrogen and oxygen atoms in total. The van der Waals surface area contributed by atoms with Gasteiger partial charge in [-0.3, -0.25) is 0 Å². The van der Waals surface area contributed by atoms with Crippen LogP contribution in [0.3, 0.4) is 0 Å². The molecule has 0 aromatic carbocycles. The highest BCUT2D eigenvalue weighted by molar-refractivity contribution is 5.77. The minimum Gasteiger partial charge on any atom is -0.328 e. The Balaban J connectivity index is 2.00. The zero-order chi connectivity index (χ0) is 11.5. The van der Waals surface area contributed by atoms with E-state index in [0.29, 0.717) is 12.6 Å². The third-order valence-corrected chi connectivity index (χ3v) is 4.04. The second-order valence-corrected chi connectivity index (χ2v) is 5.08. The molecular formula is C12H23N3O. The average molecular weight is 225 g/mol. The van der Waals surface area contributed by atoms with Crippen molar-refractivity contribution in [2.45, 2.75) is 50.6 Å². The van der Waals surface area contributed by atoms with E-state index in [0.717, 1.165) is 6.54 Å². The molecule has 1 aliphatic carbocycles. The van der Waals surface area contributed by atoms with Crippen molar-refractivity contribution >= 4 is 6.03 Å². The van der Waals surface area contributed by atoms with Gasteiger partial charge in [-0.05, 0) is 12.8 Å². The molecule has 16 heavy (non-hydrogen) atoms. The smallest absolute Gasteiger partial charge is 0.320 e. The molecule has 92 valence electrons. The van der Waals surface area contributed by atoms with Crippen molar-refractivity contribution in [3.05, 3.63) is 0 Å². The fraction of sp³-hybridized carbons (Fsp3) is 0.917. The van der Waals surface area contributed by atoms with Crippen LogP contribution in [0.15, 0.2) is 0 Å². The number of nitrogens with zero attached hydrogens (tertiary/aromatic N) is 2. The van der Waals surface area contributed by atoms with Gasteiger partial charge >= 0.3 is 6.03 Å². The van der Waals surface area contributed by atoms with Gasteiger partial charge in [-0.2, -0.15) is 0 Å².